The Morgan fingerprint density at radius 2 is 2.07 bits per heavy atom. The topological polar surface area (TPSA) is 79.5 Å². The van der Waals surface area contributed by atoms with Crippen molar-refractivity contribution in [3.8, 4) is 11.3 Å². The number of rotatable bonds is 4. The molecule has 0 atom stereocenters. The first-order valence-electron chi connectivity index (χ1n) is 8.25. The number of aryl methyl sites for hydroxylation is 1. The zero-order valence-corrected chi connectivity index (χ0v) is 15.3. The van der Waals surface area contributed by atoms with E-state index in [1.54, 1.807) is 30.6 Å². The number of nitrogens with one attached hydrogen (secondary N) is 1. The maximum atomic E-state index is 11.3. The van der Waals surface area contributed by atoms with E-state index in [0.717, 1.165) is 16.0 Å². The largest absolute Gasteiger partial charge is 0.478 e. The van der Waals surface area contributed by atoms with Gasteiger partial charge in [0.05, 0.1) is 11.8 Å². The molecular formula is C20H16N4O2S. The molecular weight excluding hydrogens is 360 g/mol. The molecule has 0 spiro atoms. The van der Waals surface area contributed by atoms with Gasteiger partial charge in [0.25, 0.3) is 0 Å². The molecule has 7 heteroatoms. The number of imidazole rings is 1. The summed E-state index contributed by atoms with van der Waals surface area (Å²) in [5, 5.41) is 12.5. The Balaban J connectivity index is 1.88. The molecule has 2 aromatic heterocycles. The van der Waals surface area contributed by atoms with E-state index in [-0.39, 0.29) is 5.56 Å². The number of carbonyl (C=O) groups is 1. The maximum Gasteiger partial charge on any atom is 0.335 e. The van der Waals surface area contributed by atoms with E-state index in [4.69, 9.17) is 4.98 Å². The van der Waals surface area contributed by atoms with Crippen LogP contribution in [0.2, 0.25) is 0 Å². The summed E-state index contributed by atoms with van der Waals surface area (Å²) in [4.78, 5) is 20.9. The van der Waals surface area contributed by atoms with Gasteiger partial charge in [0.15, 0.2) is 5.65 Å². The number of aromatic carboxylic acids is 1. The van der Waals surface area contributed by atoms with Crippen LogP contribution in [-0.4, -0.2) is 25.4 Å². The van der Waals surface area contributed by atoms with Crippen molar-refractivity contribution in [2.45, 2.75) is 11.8 Å². The average Bonchev–Trinajstić information content (AvgIpc) is 3.00. The molecule has 2 heterocycles. The Morgan fingerprint density at radius 1 is 1.22 bits per heavy atom. The quantitative estimate of drug-likeness (QED) is 0.459. The lowest BCUT2D eigenvalue weighted by atomic mass is 10.1. The highest BCUT2D eigenvalue weighted by Gasteiger charge is 2.17. The first kappa shape index (κ1) is 17.1. The highest BCUT2D eigenvalue weighted by molar-refractivity contribution is 7.80. The Hall–Kier alpha value is -3.32. The molecule has 2 N–H and O–H groups in total. The molecule has 2 aromatic carbocycles. The Kier molecular flexibility index (Phi) is 4.29. The molecule has 4 rings (SSSR count). The molecule has 0 amide bonds. The second-order valence-corrected chi connectivity index (χ2v) is 6.63. The SMILES string of the molecule is Cc1ccc(-c2nc3cnccn3c2Nc2cccc(C(=O)O)c2)c(S)c1. The molecule has 4 aromatic rings. The van der Waals surface area contributed by atoms with E-state index in [1.165, 1.54) is 0 Å². The molecule has 0 unspecified atom stereocenters. The number of fused-ring (bicyclic) bond motifs is 1. The molecule has 0 saturated heterocycles. The molecule has 6 nitrogen and oxygen atoms in total. The average molecular weight is 376 g/mol. The predicted octanol–water partition coefficient (Wildman–Crippen LogP) is 4.44. The van der Waals surface area contributed by atoms with Crippen LogP contribution >= 0.6 is 12.6 Å². The van der Waals surface area contributed by atoms with Gasteiger partial charge in [-0.1, -0.05) is 18.2 Å². The normalized spacial score (nSPS) is 10.9. The number of thiol groups is 1. The minimum absolute atomic E-state index is 0.210. The third kappa shape index (κ3) is 3.24. The fourth-order valence-electron chi connectivity index (χ4n) is 2.92. The zero-order valence-electron chi connectivity index (χ0n) is 14.4. The molecule has 0 radical (unpaired) electrons. The fourth-order valence-corrected chi connectivity index (χ4v) is 3.31. The van der Waals surface area contributed by atoms with Crippen molar-refractivity contribution in [3.63, 3.8) is 0 Å². The molecule has 134 valence electrons. The summed E-state index contributed by atoms with van der Waals surface area (Å²) in [5.74, 6) is -0.258. The summed E-state index contributed by atoms with van der Waals surface area (Å²) >= 11 is 4.61. The summed E-state index contributed by atoms with van der Waals surface area (Å²) in [7, 11) is 0. The first-order valence-corrected chi connectivity index (χ1v) is 8.70. The third-order valence-corrected chi connectivity index (χ3v) is 4.58. The Bertz CT molecular complexity index is 1170. The van der Waals surface area contributed by atoms with Gasteiger partial charge in [0.2, 0.25) is 0 Å². The van der Waals surface area contributed by atoms with Crippen LogP contribution in [0.4, 0.5) is 11.5 Å². The molecule has 0 bridgehead atoms. The van der Waals surface area contributed by atoms with E-state index in [2.05, 4.69) is 22.9 Å². The van der Waals surface area contributed by atoms with E-state index >= 15 is 0 Å². The number of carboxylic acids is 1. The fraction of sp³-hybridized carbons (Fsp3) is 0.0500. The smallest absolute Gasteiger partial charge is 0.335 e. The zero-order chi connectivity index (χ0) is 19.0. The van der Waals surface area contributed by atoms with Crippen LogP contribution in [0.5, 0.6) is 0 Å². The number of anilines is 2. The van der Waals surface area contributed by atoms with E-state index in [1.807, 2.05) is 41.8 Å². The van der Waals surface area contributed by atoms with Gasteiger partial charge < -0.3 is 10.4 Å². The Morgan fingerprint density at radius 3 is 2.85 bits per heavy atom. The van der Waals surface area contributed by atoms with Crippen LogP contribution in [0.15, 0.2) is 66.0 Å². The van der Waals surface area contributed by atoms with Gasteiger partial charge in [-0.2, -0.15) is 0 Å². The van der Waals surface area contributed by atoms with Gasteiger partial charge in [0.1, 0.15) is 11.5 Å². The monoisotopic (exact) mass is 376 g/mol. The molecule has 0 fully saturated rings. The van der Waals surface area contributed by atoms with Crippen LogP contribution in [-0.2, 0) is 0 Å². The second kappa shape index (κ2) is 6.77. The Labute approximate surface area is 160 Å². The van der Waals surface area contributed by atoms with Crippen LogP contribution in [0.3, 0.4) is 0 Å². The summed E-state index contributed by atoms with van der Waals surface area (Å²) < 4.78 is 1.88. The standard InChI is InChI=1S/C20H16N4O2S/c1-12-5-6-15(16(27)9-12)18-19(24-8-7-21-11-17(24)23-18)22-14-4-2-3-13(10-14)20(25)26/h2-11,22,27H,1H3,(H,25,26). The highest BCUT2D eigenvalue weighted by atomic mass is 32.1. The lowest BCUT2D eigenvalue weighted by Crippen LogP contribution is -2.00. The maximum absolute atomic E-state index is 11.3. The van der Waals surface area contributed by atoms with Crippen molar-refractivity contribution >= 4 is 35.8 Å². The van der Waals surface area contributed by atoms with Crippen molar-refractivity contribution < 1.29 is 9.90 Å². The van der Waals surface area contributed by atoms with Crippen molar-refractivity contribution in [1.29, 1.82) is 0 Å². The van der Waals surface area contributed by atoms with E-state index < -0.39 is 5.97 Å². The number of hydrogen-bond acceptors (Lipinski definition) is 5. The van der Waals surface area contributed by atoms with Crippen molar-refractivity contribution in [2.75, 3.05) is 5.32 Å². The molecule has 27 heavy (non-hydrogen) atoms. The third-order valence-electron chi connectivity index (χ3n) is 4.21. The van der Waals surface area contributed by atoms with Gasteiger partial charge in [-0.05, 0) is 36.8 Å². The minimum atomic E-state index is -0.975. The van der Waals surface area contributed by atoms with Crippen LogP contribution in [0, 0.1) is 6.92 Å². The van der Waals surface area contributed by atoms with Gasteiger partial charge in [-0.15, -0.1) is 12.6 Å². The van der Waals surface area contributed by atoms with Crippen LogP contribution in [0.25, 0.3) is 16.9 Å². The van der Waals surface area contributed by atoms with E-state index in [0.29, 0.717) is 22.8 Å². The predicted molar refractivity (Wildman–Crippen MR) is 107 cm³/mol. The van der Waals surface area contributed by atoms with Gasteiger partial charge in [-0.3, -0.25) is 9.38 Å². The summed E-state index contributed by atoms with van der Waals surface area (Å²) in [6.45, 7) is 2.01. The summed E-state index contributed by atoms with van der Waals surface area (Å²) in [5.41, 5.74) is 4.25. The van der Waals surface area contributed by atoms with Crippen molar-refractivity contribution in [3.05, 3.63) is 72.2 Å². The van der Waals surface area contributed by atoms with Crippen molar-refractivity contribution in [1.82, 2.24) is 14.4 Å². The van der Waals surface area contributed by atoms with Gasteiger partial charge in [0, 0.05) is 28.5 Å². The molecule has 0 aliphatic rings. The van der Waals surface area contributed by atoms with Crippen LogP contribution < -0.4 is 5.32 Å². The number of benzene rings is 2. The highest BCUT2D eigenvalue weighted by Crippen LogP contribution is 2.34. The second-order valence-electron chi connectivity index (χ2n) is 6.15. The number of carboxylic acid groups (broad SMARTS) is 1. The summed E-state index contributed by atoms with van der Waals surface area (Å²) in [6.07, 6.45) is 5.16. The number of nitrogens with zero attached hydrogens (tertiary/aromatic N) is 3. The molecule has 0 aliphatic heterocycles. The first-order chi connectivity index (χ1) is 13.0. The number of hydrogen-bond donors (Lipinski definition) is 3. The molecule has 0 aliphatic carbocycles. The minimum Gasteiger partial charge on any atom is -0.478 e. The van der Waals surface area contributed by atoms with E-state index in [9.17, 15) is 9.90 Å². The lowest BCUT2D eigenvalue weighted by molar-refractivity contribution is 0.0697. The molecule has 0 saturated carbocycles. The van der Waals surface area contributed by atoms with Gasteiger partial charge in [-0.25, -0.2) is 9.78 Å². The van der Waals surface area contributed by atoms with Crippen LogP contribution in [0.1, 0.15) is 15.9 Å². The van der Waals surface area contributed by atoms with Gasteiger partial charge >= 0.3 is 5.97 Å². The number of aromatic nitrogens is 3. The van der Waals surface area contributed by atoms with Crippen molar-refractivity contribution in [2.24, 2.45) is 0 Å². The lowest BCUT2D eigenvalue weighted by Gasteiger charge is -2.11. The summed E-state index contributed by atoms with van der Waals surface area (Å²) in [6, 6.07) is 12.6.